The summed E-state index contributed by atoms with van der Waals surface area (Å²) in [5.41, 5.74) is 2.08. The van der Waals surface area contributed by atoms with Crippen molar-refractivity contribution < 1.29 is 19.1 Å². The molecule has 160 valence electrons. The molecular formula is C25H21N3O4. The van der Waals surface area contributed by atoms with Gasteiger partial charge in [0.2, 0.25) is 0 Å². The van der Waals surface area contributed by atoms with Gasteiger partial charge in [-0.05, 0) is 55.5 Å². The SMILES string of the molecule is CCOC(=O)c1ccc(NC(=O)/C(C#N)=C/c2ccccc2OCc2ccccn2)cc1. The van der Waals surface area contributed by atoms with E-state index in [1.807, 2.05) is 30.3 Å². The van der Waals surface area contributed by atoms with E-state index in [9.17, 15) is 14.9 Å². The van der Waals surface area contributed by atoms with Crippen molar-refractivity contribution in [3.63, 3.8) is 0 Å². The van der Waals surface area contributed by atoms with Crippen LogP contribution in [0.3, 0.4) is 0 Å². The van der Waals surface area contributed by atoms with E-state index in [0.717, 1.165) is 5.69 Å². The number of benzene rings is 2. The molecule has 0 saturated heterocycles. The van der Waals surface area contributed by atoms with Crippen molar-refractivity contribution in [2.75, 3.05) is 11.9 Å². The van der Waals surface area contributed by atoms with Crippen LogP contribution in [0.1, 0.15) is 28.5 Å². The third-order valence-electron chi connectivity index (χ3n) is 4.34. The third-order valence-corrected chi connectivity index (χ3v) is 4.34. The number of nitrogens with one attached hydrogen (secondary N) is 1. The van der Waals surface area contributed by atoms with Crippen molar-refractivity contribution in [2.24, 2.45) is 0 Å². The fourth-order valence-corrected chi connectivity index (χ4v) is 2.77. The van der Waals surface area contributed by atoms with Crippen LogP contribution in [-0.4, -0.2) is 23.5 Å². The minimum absolute atomic E-state index is 0.0895. The molecule has 0 aliphatic heterocycles. The highest BCUT2D eigenvalue weighted by Crippen LogP contribution is 2.22. The number of para-hydroxylation sites is 1. The van der Waals surface area contributed by atoms with Gasteiger partial charge in [-0.3, -0.25) is 9.78 Å². The monoisotopic (exact) mass is 427 g/mol. The predicted molar refractivity (Wildman–Crippen MR) is 120 cm³/mol. The van der Waals surface area contributed by atoms with E-state index in [1.165, 1.54) is 6.08 Å². The van der Waals surface area contributed by atoms with Crippen LogP contribution >= 0.6 is 0 Å². The largest absolute Gasteiger partial charge is 0.487 e. The lowest BCUT2D eigenvalue weighted by Gasteiger charge is -2.10. The van der Waals surface area contributed by atoms with Crippen molar-refractivity contribution >= 4 is 23.6 Å². The first kappa shape index (κ1) is 22.2. The minimum Gasteiger partial charge on any atom is -0.487 e. The molecule has 0 bridgehead atoms. The van der Waals surface area contributed by atoms with Gasteiger partial charge in [-0.2, -0.15) is 5.26 Å². The van der Waals surface area contributed by atoms with E-state index in [1.54, 1.807) is 55.6 Å². The van der Waals surface area contributed by atoms with Gasteiger partial charge in [0.15, 0.2) is 0 Å². The minimum atomic E-state index is -0.573. The first-order valence-corrected chi connectivity index (χ1v) is 9.92. The summed E-state index contributed by atoms with van der Waals surface area (Å²) in [6, 6.07) is 20.8. The zero-order valence-electron chi connectivity index (χ0n) is 17.4. The molecule has 0 radical (unpaired) electrons. The number of rotatable bonds is 8. The maximum absolute atomic E-state index is 12.6. The quantitative estimate of drug-likeness (QED) is 0.325. The smallest absolute Gasteiger partial charge is 0.338 e. The summed E-state index contributed by atoms with van der Waals surface area (Å²) in [6.45, 7) is 2.26. The van der Waals surface area contributed by atoms with Crippen molar-refractivity contribution in [3.8, 4) is 11.8 Å². The number of carbonyl (C=O) groups excluding carboxylic acids is 2. The van der Waals surface area contributed by atoms with Crippen LogP contribution in [-0.2, 0) is 16.1 Å². The van der Waals surface area contributed by atoms with Gasteiger partial charge in [0.1, 0.15) is 24.0 Å². The Hall–Kier alpha value is -4.44. The van der Waals surface area contributed by atoms with E-state index >= 15 is 0 Å². The number of nitrogens with zero attached hydrogens (tertiary/aromatic N) is 2. The second-order valence-corrected chi connectivity index (χ2v) is 6.57. The van der Waals surface area contributed by atoms with Crippen LogP contribution in [0.15, 0.2) is 78.5 Å². The second kappa shape index (κ2) is 11.1. The number of hydrogen-bond acceptors (Lipinski definition) is 6. The van der Waals surface area contributed by atoms with Gasteiger partial charge in [-0.15, -0.1) is 0 Å². The topological polar surface area (TPSA) is 101 Å². The summed E-state index contributed by atoms with van der Waals surface area (Å²) in [5.74, 6) is -0.487. The summed E-state index contributed by atoms with van der Waals surface area (Å²) in [6.07, 6.45) is 3.15. The van der Waals surface area contributed by atoms with Crippen LogP contribution < -0.4 is 10.1 Å². The molecule has 1 N–H and O–H groups in total. The molecule has 1 amide bonds. The zero-order valence-corrected chi connectivity index (χ0v) is 17.4. The van der Waals surface area contributed by atoms with Gasteiger partial charge in [-0.25, -0.2) is 4.79 Å². The van der Waals surface area contributed by atoms with Gasteiger partial charge in [0, 0.05) is 17.4 Å². The average Bonchev–Trinajstić information content (AvgIpc) is 2.83. The van der Waals surface area contributed by atoms with Crippen molar-refractivity contribution in [1.82, 2.24) is 4.98 Å². The van der Waals surface area contributed by atoms with Crippen LogP contribution in [0, 0.1) is 11.3 Å². The molecular weight excluding hydrogens is 406 g/mol. The molecule has 3 rings (SSSR count). The molecule has 32 heavy (non-hydrogen) atoms. The Labute approximate surface area is 185 Å². The maximum atomic E-state index is 12.6. The van der Waals surface area contributed by atoms with E-state index < -0.39 is 11.9 Å². The van der Waals surface area contributed by atoms with E-state index in [-0.39, 0.29) is 18.8 Å². The normalized spacial score (nSPS) is 10.7. The summed E-state index contributed by atoms with van der Waals surface area (Å²) >= 11 is 0. The van der Waals surface area contributed by atoms with Crippen molar-refractivity contribution in [2.45, 2.75) is 13.5 Å². The van der Waals surface area contributed by atoms with Crippen LogP contribution in [0.25, 0.3) is 6.08 Å². The number of hydrogen-bond donors (Lipinski definition) is 1. The highest BCUT2D eigenvalue weighted by Gasteiger charge is 2.12. The van der Waals surface area contributed by atoms with E-state index in [0.29, 0.717) is 22.6 Å². The standard InChI is InChI=1S/C25H21N3O4/c1-2-31-25(30)18-10-12-21(13-11-18)28-24(29)20(16-26)15-19-7-3-4-9-23(19)32-17-22-8-5-6-14-27-22/h3-15H,2,17H2,1H3,(H,28,29)/b20-15+. The molecule has 7 nitrogen and oxygen atoms in total. The third kappa shape index (κ3) is 6.03. The molecule has 0 saturated carbocycles. The Balaban J connectivity index is 1.72. The lowest BCUT2D eigenvalue weighted by molar-refractivity contribution is -0.112. The summed E-state index contributed by atoms with van der Waals surface area (Å²) in [5, 5.41) is 12.2. The van der Waals surface area contributed by atoms with Gasteiger partial charge >= 0.3 is 5.97 Å². The van der Waals surface area contributed by atoms with Crippen molar-refractivity contribution in [1.29, 1.82) is 5.26 Å². The molecule has 3 aromatic rings. The first-order chi connectivity index (χ1) is 15.6. The molecule has 1 heterocycles. The second-order valence-electron chi connectivity index (χ2n) is 6.57. The first-order valence-electron chi connectivity index (χ1n) is 9.92. The number of nitriles is 1. The van der Waals surface area contributed by atoms with Gasteiger partial charge in [0.25, 0.3) is 5.91 Å². The van der Waals surface area contributed by atoms with Crippen LogP contribution in [0.2, 0.25) is 0 Å². The highest BCUT2D eigenvalue weighted by atomic mass is 16.5. The Morgan fingerprint density at radius 1 is 1.06 bits per heavy atom. The molecule has 1 aromatic heterocycles. The Kier molecular flexibility index (Phi) is 7.71. The number of anilines is 1. The number of esters is 1. The molecule has 0 unspecified atom stereocenters. The van der Waals surface area contributed by atoms with Crippen LogP contribution in [0.4, 0.5) is 5.69 Å². The summed E-state index contributed by atoms with van der Waals surface area (Å²) < 4.78 is 10.8. The fourth-order valence-electron chi connectivity index (χ4n) is 2.77. The van der Waals surface area contributed by atoms with E-state index in [2.05, 4.69) is 10.3 Å². The van der Waals surface area contributed by atoms with Gasteiger partial charge in [-0.1, -0.05) is 24.3 Å². The Morgan fingerprint density at radius 3 is 2.50 bits per heavy atom. The molecule has 2 aromatic carbocycles. The molecule has 0 spiro atoms. The molecule has 0 atom stereocenters. The number of ether oxygens (including phenoxy) is 2. The number of amides is 1. The summed E-state index contributed by atoms with van der Waals surface area (Å²) in [7, 11) is 0. The molecule has 0 aliphatic rings. The van der Waals surface area contributed by atoms with Crippen LogP contribution in [0.5, 0.6) is 5.75 Å². The number of pyridine rings is 1. The predicted octanol–water partition coefficient (Wildman–Crippen LogP) is 4.38. The number of aromatic nitrogens is 1. The van der Waals surface area contributed by atoms with E-state index in [4.69, 9.17) is 9.47 Å². The average molecular weight is 427 g/mol. The lowest BCUT2D eigenvalue weighted by atomic mass is 10.1. The molecule has 0 aliphatic carbocycles. The van der Waals surface area contributed by atoms with Crippen molar-refractivity contribution in [3.05, 3.63) is 95.3 Å². The highest BCUT2D eigenvalue weighted by molar-refractivity contribution is 6.10. The fraction of sp³-hybridized carbons (Fsp3) is 0.120. The lowest BCUT2D eigenvalue weighted by Crippen LogP contribution is -2.13. The Morgan fingerprint density at radius 2 is 1.81 bits per heavy atom. The summed E-state index contributed by atoms with van der Waals surface area (Å²) in [4.78, 5) is 28.6. The zero-order chi connectivity index (χ0) is 22.8. The number of carbonyl (C=O) groups is 2. The van der Waals surface area contributed by atoms with Gasteiger partial charge in [0.05, 0.1) is 17.9 Å². The molecule has 0 fully saturated rings. The molecule has 7 heteroatoms. The Bertz CT molecular complexity index is 1150. The maximum Gasteiger partial charge on any atom is 0.338 e. The van der Waals surface area contributed by atoms with Gasteiger partial charge < -0.3 is 14.8 Å².